The van der Waals surface area contributed by atoms with Gasteiger partial charge in [-0.15, -0.1) is 0 Å². The lowest BCUT2D eigenvalue weighted by Gasteiger charge is -2.42. The Bertz CT molecular complexity index is 1200. The fourth-order valence-electron chi connectivity index (χ4n) is 5.79. The van der Waals surface area contributed by atoms with Crippen molar-refractivity contribution >= 4 is 23.4 Å². The lowest BCUT2D eigenvalue weighted by molar-refractivity contribution is -0.138. The number of carbonyl (C=O) groups excluding carboxylic acids is 4. The maximum absolute atomic E-state index is 13.1. The minimum Gasteiger partial charge on any atom is -0.507 e. The quantitative estimate of drug-likeness (QED) is 0.437. The van der Waals surface area contributed by atoms with Crippen LogP contribution in [0.15, 0.2) is 52.6 Å². The Labute approximate surface area is 185 Å². The van der Waals surface area contributed by atoms with Crippen LogP contribution in [0.1, 0.15) is 31.2 Å². The third-order valence-corrected chi connectivity index (χ3v) is 7.33. The molecule has 7 nitrogen and oxygen atoms in total. The molecule has 0 bridgehead atoms. The van der Waals surface area contributed by atoms with Crippen LogP contribution >= 0.6 is 0 Å². The van der Waals surface area contributed by atoms with Gasteiger partial charge in [-0.1, -0.05) is 17.7 Å². The molecule has 2 amide bonds. The second kappa shape index (κ2) is 7.02. The zero-order chi connectivity index (χ0) is 22.9. The van der Waals surface area contributed by atoms with E-state index in [4.69, 9.17) is 4.74 Å². The third kappa shape index (κ3) is 2.66. The van der Waals surface area contributed by atoms with Crippen molar-refractivity contribution in [1.29, 1.82) is 0 Å². The van der Waals surface area contributed by atoms with Crippen LogP contribution in [-0.2, 0) is 19.2 Å². The molecule has 4 aliphatic rings. The Morgan fingerprint density at radius 1 is 1.09 bits per heavy atom. The number of phenols is 1. The Kier molecular flexibility index (Phi) is 4.48. The summed E-state index contributed by atoms with van der Waals surface area (Å²) < 4.78 is 5.19. The standard InChI is InChI=1S/C25H23NO6/c1-11-8-19(28)22-17(23(11)29)10-16-13(6-7-15-21(16)25(31)26(2)24(15)30)20(22)14-5-4-12(32-3)9-18(14)27/h4-6,8-9,15-16,20-21,27H,7,10H2,1-3H3/t15-,16+,20+,21-/m0/s1. The molecule has 7 heteroatoms. The number of hydrogen-bond donors (Lipinski definition) is 1. The molecule has 1 fully saturated rings. The first-order valence-corrected chi connectivity index (χ1v) is 10.6. The summed E-state index contributed by atoms with van der Waals surface area (Å²) >= 11 is 0. The van der Waals surface area contributed by atoms with Crippen molar-refractivity contribution in [3.63, 3.8) is 0 Å². The van der Waals surface area contributed by atoms with E-state index >= 15 is 0 Å². The molecule has 1 saturated heterocycles. The number of aromatic hydroxyl groups is 1. The maximum atomic E-state index is 13.1. The van der Waals surface area contributed by atoms with Crippen molar-refractivity contribution < 1.29 is 29.0 Å². The smallest absolute Gasteiger partial charge is 0.233 e. The molecule has 0 saturated carbocycles. The topological polar surface area (TPSA) is 101 Å². The molecular formula is C25H23NO6. The van der Waals surface area contributed by atoms with Gasteiger partial charge < -0.3 is 9.84 Å². The van der Waals surface area contributed by atoms with E-state index < -0.39 is 17.8 Å². The van der Waals surface area contributed by atoms with Crippen LogP contribution in [0.3, 0.4) is 0 Å². The Hall–Kier alpha value is -3.48. The second-order valence-electron chi connectivity index (χ2n) is 8.89. The number of Topliss-reactive ketones (excluding diaryl/α,β-unsaturated/α-hetero) is 1. The number of fused-ring (bicyclic) bond motifs is 3. The molecule has 0 unspecified atom stereocenters. The van der Waals surface area contributed by atoms with Gasteiger partial charge in [-0.2, -0.15) is 0 Å². The minimum atomic E-state index is -0.662. The lowest BCUT2D eigenvalue weighted by atomic mass is 9.59. The number of benzene rings is 1. The van der Waals surface area contributed by atoms with Gasteiger partial charge in [0.25, 0.3) is 0 Å². The fourth-order valence-corrected chi connectivity index (χ4v) is 5.79. The Morgan fingerprint density at radius 2 is 1.84 bits per heavy atom. The first-order chi connectivity index (χ1) is 15.2. The number of carbonyl (C=O) groups is 4. The number of rotatable bonds is 2. The van der Waals surface area contributed by atoms with E-state index in [1.54, 1.807) is 19.1 Å². The number of allylic oxidation sites excluding steroid dienone is 6. The average molecular weight is 433 g/mol. The van der Waals surface area contributed by atoms with Gasteiger partial charge in [-0.05, 0) is 37.8 Å². The highest BCUT2D eigenvalue weighted by molar-refractivity contribution is 6.23. The van der Waals surface area contributed by atoms with Crippen molar-refractivity contribution in [1.82, 2.24) is 4.90 Å². The summed E-state index contributed by atoms with van der Waals surface area (Å²) in [6.45, 7) is 1.61. The van der Waals surface area contributed by atoms with E-state index in [-0.39, 0.29) is 41.5 Å². The molecule has 0 radical (unpaired) electrons. The number of nitrogens with zero attached hydrogens (tertiary/aromatic N) is 1. The van der Waals surface area contributed by atoms with Gasteiger partial charge in [0.15, 0.2) is 11.6 Å². The van der Waals surface area contributed by atoms with Crippen molar-refractivity contribution in [2.75, 3.05) is 14.2 Å². The third-order valence-electron chi connectivity index (χ3n) is 7.33. The highest BCUT2D eigenvalue weighted by Crippen LogP contribution is 2.56. The van der Waals surface area contributed by atoms with Gasteiger partial charge in [-0.25, -0.2) is 0 Å². The number of methoxy groups -OCH3 is 1. The first-order valence-electron chi connectivity index (χ1n) is 10.6. The number of hydrogen-bond acceptors (Lipinski definition) is 6. The molecule has 1 aromatic carbocycles. The Balaban J connectivity index is 1.72. The molecule has 0 aromatic heterocycles. The van der Waals surface area contributed by atoms with Crippen LogP contribution in [0.25, 0.3) is 0 Å². The maximum Gasteiger partial charge on any atom is 0.233 e. The van der Waals surface area contributed by atoms with Gasteiger partial charge in [0.2, 0.25) is 11.8 Å². The number of phenolic OH excluding ortho intramolecular Hbond substituents is 1. The van der Waals surface area contributed by atoms with Crippen molar-refractivity contribution in [3.05, 3.63) is 58.2 Å². The zero-order valence-corrected chi connectivity index (χ0v) is 18.0. The molecule has 3 aliphatic carbocycles. The number of ether oxygens (including phenoxy) is 1. The molecule has 5 rings (SSSR count). The lowest BCUT2D eigenvalue weighted by Crippen LogP contribution is -2.39. The van der Waals surface area contributed by atoms with Crippen LogP contribution < -0.4 is 4.74 Å². The van der Waals surface area contributed by atoms with Crippen molar-refractivity contribution in [2.24, 2.45) is 17.8 Å². The van der Waals surface area contributed by atoms with E-state index in [1.165, 1.54) is 31.2 Å². The predicted octanol–water partition coefficient (Wildman–Crippen LogP) is 2.46. The van der Waals surface area contributed by atoms with Gasteiger partial charge in [0.1, 0.15) is 11.5 Å². The Morgan fingerprint density at radius 3 is 2.53 bits per heavy atom. The van der Waals surface area contributed by atoms with Gasteiger partial charge in [0, 0.05) is 41.3 Å². The normalized spacial score (nSPS) is 29.4. The molecular weight excluding hydrogens is 410 g/mol. The molecule has 4 atom stereocenters. The zero-order valence-electron chi connectivity index (χ0n) is 18.0. The number of likely N-dealkylation sites (tertiary alicyclic amines) is 1. The van der Waals surface area contributed by atoms with E-state index in [0.717, 1.165) is 5.57 Å². The van der Waals surface area contributed by atoms with E-state index in [1.807, 2.05) is 6.08 Å². The molecule has 32 heavy (non-hydrogen) atoms. The first kappa shape index (κ1) is 20.4. The summed E-state index contributed by atoms with van der Waals surface area (Å²) in [5, 5.41) is 10.8. The van der Waals surface area contributed by atoms with Crippen LogP contribution in [0, 0.1) is 17.8 Å². The molecule has 0 spiro atoms. The van der Waals surface area contributed by atoms with E-state index in [9.17, 15) is 24.3 Å². The molecule has 1 heterocycles. The molecule has 1 aromatic rings. The number of imide groups is 1. The van der Waals surface area contributed by atoms with Crippen LogP contribution in [0.4, 0.5) is 0 Å². The number of ketones is 2. The average Bonchev–Trinajstić information content (AvgIpc) is 3.00. The summed E-state index contributed by atoms with van der Waals surface area (Å²) in [5.74, 6) is -2.60. The van der Waals surface area contributed by atoms with Crippen molar-refractivity contribution in [3.8, 4) is 11.5 Å². The summed E-state index contributed by atoms with van der Waals surface area (Å²) in [4.78, 5) is 53.0. The van der Waals surface area contributed by atoms with Crippen LogP contribution in [0.5, 0.6) is 11.5 Å². The summed E-state index contributed by atoms with van der Waals surface area (Å²) in [7, 11) is 2.98. The summed E-state index contributed by atoms with van der Waals surface area (Å²) in [5.41, 5.74) is 2.39. The molecule has 1 N–H and O–H groups in total. The van der Waals surface area contributed by atoms with Crippen molar-refractivity contribution in [2.45, 2.75) is 25.7 Å². The highest BCUT2D eigenvalue weighted by atomic mass is 16.5. The van der Waals surface area contributed by atoms with E-state index in [2.05, 4.69) is 0 Å². The fraction of sp³-hybridized carbons (Fsp3) is 0.360. The number of amides is 2. The van der Waals surface area contributed by atoms with Gasteiger partial charge in [-0.3, -0.25) is 24.1 Å². The second-order valence-corrected chi connectivity index (χ2v) is 8.89. The van der Waals surface area contributed by atoms with Crippen LogP contribution in [0.2, 0.25) is 0 Å². The molecule has 1 aliphatic heterocycles. The predicted molar refractivity (Wildman–Crippen MR) is 114 cm³/mol. The monoisotopic (exact) mass is 433 g/mol. The summed E-state index contributed by atoms with van der Waals surface area (Å²) in [6, 6.07) is 4.86. The highest BCUT2D eigenvalue weighted by Gasteiger charge is 2.55. The largest absolute Gasteiger partial charge is 0.507 e. The van der Waals surface area contributed by atoms with Gasteiger partial charge in [0.05, 0.1) is 18.9 Å². The minimum absolute atomic E-state index is 0.0534. The van der Waals surface area contributed by atoms with E-state index in [0.29, 0.717) is 34.5 Å². The molecule has 164 valence electrons. The summed E-state index contributed by atoms with van der Waals surface area (Å²) in [6.07, 6.45) is 3.90. The van der Waals surface area contributed by atoms with Crippen LogP contribution in [-0.4, -0.2) is 47.5 Å². The SMILES string of the molecule is COc1ccc([C@H]2C3=CC[C@@H]4C(=O)N(C)C(=O)[C@@H]4[C@@H]3CC3=C2C(=O)C=C(C)C3=O)c(O)c1. The van der Waals surface area contributed by atoms with Gasteiger partial charge >= 0.3 is 0 Å².